The summed E-state index contributed by atoms with van der Waals surface area (Å²) in [4.78, 5) is 14.7. The Hall–Kier alpha value is -2.09. The molecule has 0 amide bonds. The van der Waals surface area contributed by atoms with Gasteiger partial charge in [-0.25, -0.2) is 0 Å². The third-order valence-corrected chi connectivity index (χ3v) is 10.3. The van der Waals surface area contributed by atoms with Crippen LogP contribution < -0.4 is 0 Å². The lowest BCUT2D eigenvalue weighted by Gasteiger charge is -2.55. The van der Waals surface area contributed by atoms with Gasteiger partial charge in [0.15, 0.2) is 5.78 Å². The van der Waals surface area contributed by atoms with Crippen LogP contribution in [0.15, 0.2) is 46.7 Å². The highest BCUT2D eigenvalue weighted by atomic mass is 16.5. The first kappa shape index (κ1) is 23.3. The molecule has 4 nitrogen and oxygen atoms in total. The molecule has 0 aromatic rings. The van der Waals surface area contributed by atoms with Gasteiger partial charge in [-0.2, -0.15) is 0 Å². The lowest BCUT2D eigenvalue weighted by molar-refractivity contribution is -0.114. The van der Waals surface area contributed by atoms with Crippen LogP contribution in [0.4, 0.5) is 0 Å². The first-order valence-corrected chi connectivity index (χ1v) is 13.8. The first-order chi connectivity index (χ1) is 16.9. The molecule has 4 heteroatoms. The number of fused-ring (bicyclic) bond motifs is 4. The normalized spacial score (nSPS) is 40.8. The van der Waals surface area contributed by atoms with Gasteiger partial charge in [0.05, 0.1) is 13.2 Å². The van der Waals surface area contributed by atoms with Crippen molar-refractivity contribution in [2.75, 3.05) is 26.3 Å². The van der Waals surface area contributed by atoms with E-state index in [4.69, 9.17) is 4.74 Å². The van der Waals surface area contributed by atoms with Crippen LogP contribution in [0.2, 0.25) is 0 Å². The van der Waals surface area contributed by atoms with E-state index in [0.717, 1.165) is 71.2 Å². The fourth-order valence-corrected chi connectivity index (χ4v) is 8.50. The van der Waals surface area contributed by atoms with Crippen molar-refractivity contribution in [2.45, 2.75) is 70.8 Å². The molecular formula is C31H39NO3. The molecule has 1 N–H and O–H groups in total. The number of ketones is 1. The van der Waals surface area contributed by atoms with E-state index in [1.807, 2.05) is 13.0 Å². The Bertz CT molecular complexity index is 1090. The molecule has 1 saturated heterocycles. The van der Waals surface area contributed by atoms with Gasteiger partial charge < -0.3 is 14.7 Å². The van der Waals surface area contributed by atoms with Crippen LogP contribution >= 0.6 is 0 Å². The Balaban J connectivity index is 1.38. The summed E-state index contributed by atoms with van der Waals surface area (Å²) in [6.45, 7) is 7.74. The number of morpholine rings is 1. The van der Waals surface area contributed by atoms with Gasteiger partial charge in [-0.3, -0.25) is 4.79 Å². The van der Waals surface area contributed by atoms with Gasteiger partial charge in [0.1, 0.15) is 5.60 Å². The van der Waals surface area contributed by atoms with Gasteiger partial charge in [-0.05, 0) is 98.8 Å². The van der Waals surface area contributed by atoms with Crippen LogP contribution in [-0.4, -0.2) is 47.7 Å². The van der Waals surface area contributed by atoms with Gasteiger partial charge >= 0.3 is 0 Å². The monoisotopic (exact) mass is 473 g/mol. The van der Waals surface area contributed by atoms with E-state index < -0.39 is 5.60 Å². The second-order valence-corrected chi connectivity index (χ2v) is 11.8. The van der Waals surface area contributed by atoms with Crippen molar-refractivity contribution in [1.29, 1.82) is 0 Å². The second-order valence-electron chi connectivity index (χ2n) is 11.8. The lowest BCUT2D eigenvalue weighted by atomic mass is 9.50. The standard InChI is InChI=1S/C31H39NO3/c1-3-13-31(34)14-12-28-26-10-6-22-19-24(33)9-11-25(22)29(26)27(20-30(28,31)2)21-4-7-23(8-5-21)32-15-17-35-18-16-32/h4,7-8,19,21,26-28,34H,5-6,9-12,14-18,20H2,1-2H3. The first-order valence-electron chi connectivity index (χ1n) is 13.8. The van der Waals surface area contributed by atoms with Crippen LogP contribution in [0.1, 0.15) is 65.2 Å². The molecule has 186 valence electrons. The number of ether oxygens (including phenoxy) is 1. The molecule has 3 fully saturated rings. The smallest absolute Gasteiger partial charge is 0.156 e. The van der Waals surface area contributed by atoms with E-state index in [9.17, 15) is 9.90 Å². The van der Waals surface area contributed by atoms with Crippen LogP contribution in [0.25, 0.3) is 0 Å². The lowest BCUT2D eigenvalue weighted by Crippen LogP contribution is -2.52. The molecule has 0 radical (unpaired) electrons. The number of allylic oxidation sites excluding steroid dienone is 7. The van der Waals surface area contributed by atoms with Gasteiger partial charge in [0.25, 0.3) is 0 Å². The van der Waals surface area contributed by atoms with E-state index in [-0.39, 0.29) is 5.41 Å². The van der Waals surface area contributed by atoms with Gasteiger partial charge in [-0.15, -0.1) is 5.92 Å². The average molecular weight is 474 g/mol. The zero-order valence-corrected chi connectivity index (χ0v) is 21.3. The van der Waals surface area contributed by atoms with Crippen LogP contribution in [0, 0.1) is 40.9 Å². The largest absolute Gasteiger partial charge is 0.378 e. The molecule has 6 rings (SSSR count). The molecule has 0 aromatic heterocycles. The molecular weight excluding hydrogens is 434 g/mol. The summed E-state index contributed by atoms with van der Waals surface area (Å²) < 4.78 is 5.55. The van der Waals surface area contributed by atoms with Gasteiger partial charge in [0, 0.05) is 30.6 Å². The number of carbonyl (C=O) groups is 1. The van der Waals surface area contributed by atoms with Gasteiger partial charge in [0.2, 0.25) is 0 Å². The topological polar surface area (TPSA) is 49.8 Å². The van der Waals surface area contributed by atoms with E-state index in [1.54, 1.807) is 5.57 Å². The molecule has 35 heavy (non-hydrogen) atoms. The summed E-state index contributed by atoms with van der Waals surface area (Å²) in [5, 5.41) is 11.8. The Morgan fingerprint density at radius 1 is 1.14 bits per heavy atom. The summed E-state index contributed by atoms with van der Waals surface area (Å²) in [5.74, 6) is 8.44. The molecule has 1 heterocycles. The van der Waals surface area contributed by atoms with Crippen molar-refractivity contribution >= 4 is 5.78 Å². The van der Waals surface area contributed by atoms with E-state index >= 15 is 0 Å². The molecule has 6 aliphatic rings. The van der Waals surface area contributed by atoms with E-state index in [0.29, 0.717) is 35.9 Å². The maximum Gasteiger partial charge on any atom is 0.156 e. The zero-order chi connectivity index (χ0) is 24.2. The minimum absolute atomic E-state index is 0.191. The summed E-state index contributed by atoms with van der Waals surface area (Å²) in [6, 6.07) is 0. The number of hydrogen-bond donors (Lipinski definition) is 1. The number of carbonyl (C=O) groups excluding carboxylic acids is 1. The zero-order valence-electron chi connectivity index (χ0n) is 21.3. The molecule has 6 atom stereocenters. The Kier molecular flexibility index (Phi) is 5.85. The highest BCUT2D eigenvalue weighted by molar-refractivity contribution is 5.93. The average Bonchev–Trinajstić information content (AvgIpc) is 3.14. The molecule has 2 saturated carbocycles. The predicted molar refractivity (Wildman–Crippen MR) is 137 cm³/mol. The van der Waals surface area contributed by atoms with Crippen LogP contribution in [0.3, 0.4) is 0 Å². The summed E-state index contributed by atoms with van der Waals surface area (Å²) in [6.07, 6.45) is 16.7. The third kappa shape index (κ3) is 3.69. The minimum Gasteiger partial charge on any atom is -0.378 e. The number of nitrogens with zero attached hydrogens (tertiary/aromatic N) is 1. The molecule has 1 aliphatic heterocycles. The van der Waals surface area contributed by atoms with Crippen molar-refractivity contribution in [2.24, 2.45) is 29.1 Å². The quantitative estimate of drug-likeness (QED) is 0.576. The van der Waals surface area contributed by atoms with Crippen molar-refractivity contribution < 1.29 is 14.6 Å². The number of aliphatic hydroxyl groups is 1. The van der Waals surface area contributed by atoms with Crippen molar-refractivity contribution in [3.05, 3.63) is 46.7 Å². The van der Waals surface area contributed by atoms with Crippen molar-refractivity contribution in [3.8, 4) is 11.8 Å². The number of hydrogen-bond acceptors (Lipinski definition) is 4. The minimum atomic E-state index is -0.896. The van der Waals surface area contributed by atoms with Gasteiger partial charge in [-0.1, -0.05) is 30.6 Å². The third-order valence-electron chi connectivity index (χ3n) is 10.3. The maximum absolute atomic E-state index is 12.3. The van der Waals surface area contributed by atoms with E-state index in [2.05, 4.69) is 41.9 Å². The highest BCUT2D eigenvalue weighted by Gasteiger charge is 2.63. The highest BCUT2D eigenvalue weighted by Crippen LogP contribution is 2.66. The molecule has 6 unspecified atom stereocenters. The Morgan fingerprint density at radius 2 is 1.97 bits per heavy atom. The van der Waals surface area contributed by atoms with Crippen LogP contribution in [0.5, 0.6) is 0 Å². The fourth-order valence-electron chi connectivity index (χ4n) is 8.50. The van der Waals surface area contributed by atoms with Crippen molar-refractivity contribution in [3.63, 3.8) is 0 Å². The fraction of sp³-hybridized carbons (Fsp3) is 0.645. The van der Waals surface area contributed by atoms with Crippen molar-refractivity contribution in [1.82, 2.24) is 4.90 Å². The summed E-state index contributed by atoms with van der Waals surface area (Å²) in [7, 11) is 0. The summed E-state index contributed by atoms with van der Waals surface area (Å²) >= 11 is 0. The summed E-state index contributed by atoms with van der Waals surface area (Å²) in [5.41, 5.74) is 4.70. The van der Waals surface area contributed by atoms with Crippen LogP contribution in [-0.2, 0) is 9.53 Å². The molecule has 0 spiro atoms. The second kappa shape index (κ2) is 8.79. The predicted octanol–water partition coefficient (Wildman–Crippen LogP) is 4.97. The molecule has 0 bridgehead atoms. The maximum atomic E-state index is 12.3. The Labute approximate surface area is 210 Å². The Morgan fingerprint density at radius 3 is 2.71 bits per heavy atom. The number of rotatable bonds is 2. The molecule has 0 aromatic carbocycles. The SMILES string of the molecule is CC#CC1(O)CCC2C3CCC4=CC(=O)CCC4=C3C(C3C=CC(N4CCOCC4)=CC3)CC21C. The van der Waals surface area contributed by atoms with E-state index in [1.165, 1.54) is 16.8 Å². The molecule has 5 aliphatic carbocycles.